The maximum absolute atomic E-state index is 12.7. The van der Waals surface area contributed by atoms with Crippen molar-refractivity contribution in [2.75, 3.05) is 17.7 Å². The van der Waals surface area contributed by atoms with Crippen LogP contribution in [-0.2, 0) is 16.1 Å². The van der Waals surface area contributed by atoms with Crippen molar-refractivity contribution < 1.29 is 19.1 Å². The molecule has 0 bridgehead atoms. The van der Waals surface area contributed by atoms with Gasteiger partial charge in [-0.05, 0) is 63.9 Å². The predicted molar refractivity (Wildman–Crippen MR) is 140 cm³/mol. The summed E-state index contributed by atoms with van der Waals surface area (Å²) >= 11 is 2.59. The maximum atomic E-state index is 12.7. The minimum Gasteiger partial charge on any atom is -0.483 e. The van der Waals surface area contributed by atoms with Crippen molar-refractivity contribution >= 4 is 40.0 Å². The first-order chi connectivity index (χ1) is 16.7. The fraction of sp³-hybridized carbons (Fsp3) is 0.360. The van der Waals surface area contributed by atoms with Crippen LogP contribution in [0.4, 0.5) is 5.00 Å². The van der Waals surface area contributed by atoms with E-state index in [0.29, 0.717) is 28.1 Å². The molecule has 1 amide bonds. The number of thiophene rings is 1. The molecule has 0 radical (unpaired) electrons. The Labute approximate surface area is 213 Å². The van der Waals surface area contributed by atoms with Gasteiger partial charge in [0, 0.05) is 11.4 Å². The molecule has 1 aromatic carbocycles. The van der Waals surface area contributed by atoms with E-state index in [0.717, 1.165) is 21.8 Å². The van der Waals surface area contributed by atoms with E-state index in [-0.39, 0.29) is 24.4 Å². The van der Waals surface area contributed by atoms with Crippen LogP contribution in [0.1, 0.15) is 52.1 Å². The Morgan fingerprint density at radius 1 is 1.20 bits per heavy atom. The summed E-state index contributed by atoms with van der Waals surface area (Å²) in [5.74, 6) is 0.802. The molecule has 0 saturated carbocycles. The minimum atomic E-state index is -0.451. The fourth-order valence-corrected chi connectivity index (χ4v) is 5.20. The number of benzene rings is 1. The Bertz CT molecular complexity index is 1200. The van der Waals surface area contributed by atoms with Crippen molar-refractivity contribution in [1.29, 1.82) is 0 Å². The third kappa shape index (κ3) is 6.95. The molecular weight excluding hydrogens is 484 g/mol. The number of nitrogens with one attached hydrogen (secondary N) is 1. The van der Waals surface area contributed by atoms with Gasteiger partial charge in [0.05, 0.1) is 17.9 Å². The van der Waals surface area contributed by atoms with Crippen molar-refractivity contribution in [2.24, 2.45) is 0 Å². The Morgan fingerprint density at radius 2 is 1.91 bits per heavy atom. The second-order valence-electron chi connectivity index (χ2n) is 7.98. The number of hydrogen-bond acceptors (Lipinski definition) is 8. The zero-order valence-corrected chi connectivity index (χ0v) is 22.2. The molecule has 35 heavy (non-hydrogen) atoms. The molecule has 1 N–H and O–H groups in total. The largest absolute Gasteiger partial charge is 0.483 e. The van der Waals surface area contributed by atoms with Gasteiger partial charge in [0.25, 0.3) is 0 Å². The van der Waals surface area contributed by atoms with E-state index in [9.17, 15) is 9.59 Å². The van der Waals surface area contributed by atoms with Crippen LogP contribution < -0.4 is 10.1 Å². The van der Waals surface area contributed by atoms with Gasteiger partial charge in [-0.1, -0.05) is 23.9 Å². The van der Waals surface area contributed by atoms with Gasteiger partial charge >= 0.3 is 5.97 Å². The molecule has 186 valence electrons. The first kappa shape index (κ1) is 26.5. The first-order valence-corrected chi connectivity index (χ1v) is 13.0. The molecule has 8 nitrogen and oxygen atoms in total. The van der Waals surface area contributed by atoms with Crippen LogP contribution in [0.15, 0.2) is 42.1 Å². The van der Waals surface area contributed by atoms with Crippen molar-refractivity contribution in [2.45, 2.75) is 52.4 Å². The Kier molecular flexibility index (Phi) is 9.11. The van der Waals surface area contributed by atoms with Gasteiger partial charge in [0.2, 0.25) is 5.91 Å². The number of hydrogen-bond donors (Lipinski definition) is 1. The van der Waals surface area contributed by atoms with Crippen LogP contribution in [0.2, 0.25) is 0 Å². The monoisotopic (exact) mass is 514 g/mol. The lowest BCUT2D eigenvalue weighted by Crippen LogP contribution is -2.17. The number of carbonyl (C=O) groups excluding carboxylic acids is 2. The molecule has 0 saturated heterocycles. The molecule has 1 unspecified atom stereocenters. The third-order valence-corrected chi connectivity index (χ3v) is 6.80. The molecule has 0 aliphatic carbocycles. The highest BCUT2D eigenvalue weighted by Crippen LogP contribution is 2.29. The van der Waals surface area contributed by atoms with Crippen LogP contribution in [0.25, 0.3) is 0 Å². The smallest absolute Gasteiger partial charge is 0.341 e. The van der Waals surface area contributed by atoms with Gasteiger partial charge in [-0.15, -0.1) is 28.1 Å². The van der Waals surface area contributed by atoms with Crippen LogP contribution in [-0.4, -0.2) is 39.0 Å². The molecule has 2 aromatic heterocycles. The highest BCUT2D eigenvalue weighted by Gasteiger charge is 2.21. The summed E-state index contributed by atoms with van der Waals surface area (Å²) in [6, 6.07) is 7.77. The molecule has 2 heterocycles. The minimum absolute atomic E-state index is 0.0980. The molecule has 0 spiro atoms. The average Bonchev–Trinajstić information content (AvgIpc) is 3.35. The van der Waals surface area contributed by atoms with E-state index in [2.05, 4.69) is 28.2 Å². The standard InChI is InChI=1S/C25H30N4O4S2/c1-7-9-29-22(18(6)33-19-11-15(3)10-16(4)12-19)27-28-25(29)34-14-21(30)26-23-20(13-17(5)35-23)24(31)32-8-2/h7,10-13,18H,1,8-9,14H2,2-6H3,(H,26,30). The van der Waals surface area contributed by atoms with Gasteiger partial charge in [0.15, 0.2) is 17.1 Å². The zero-order valence-electron chi connectivity index (χ0n) is 20.6. The molecule has 0 aliphatic rings. The summed E-state index contributed by atoms with van der Waals surface area (Å²) < 4.78 is 13.1. The number of carbonyl (C=O) groups is 2. The quantitative estimate of drug-likeness (QED) is 0.205. The Balaban J connectivity index is 1.69. The van der Waals surface area contributed by atoms with Gasteiger partial charge in [-0.3, -0.25) is 9.36 Å². The number of rotatable bonds is 11. The summed E-state index contributed by atoms with van der Waals surface area (Å²) in [5, 5.41) is 12.5. The van der Waals surface area contributed by atoms with Crippen molar-refractivity contribution in [3.05, 3.63) is 64.3 Å². The average molecular weight is 515 g/mol. The fourth-order valence-electron chi connectivity index (χ4n) is 3.53. The van der Waals surface area contributed by atoms with Crippen molar-refractivity contribution in [3.8, 4) is 5.75 Å². The molecule has 10 heteroatoms. The van der Waals surface area contributed by atoms with E-state index in [1.165, 1.54) is 23.1 Å². The van der Waals surface area contributed by atoms with Crippen LogP contribution in [0.5, 0.6) is 5.75 Å². The van der Waals surface area contributed by atoms with Crippen molar-refractivity contribution in [1.82, 2.24) is 14.8 Å². The predicted octanol–water partition coefficient (Wildman–Crippen LogP) is 5.50. The highest BCUT2D eigenvalue weighted by atomic mass is 32.2. The molecule has 3 rings (SSSR count). The molecule has 0 fully saturated rings. The van der Waals surface area contributed by atoms with Crippen LogP contribution in [0.3, 0.4) is 0 Å². The Morgan fingerprint density at radius 3 is 2.57 bits per heavy atom. The number of allylic oxidation sites excluding steroid dienone is 1. The number of aryl methyl sites for hydroxylation is 3. The first-order valence-electron chi connectivity index (χ1n) is 11.2. The number of nitrogens with zero attached hydrogens (tertiary/aromatic N) is 3. The number of aromatic nitrogens is 3. The van der Waals surface area contributed by atoms with Crippen molar-refractivity contribution in [3.63, 3.8) is 0 Å². The zero-order chi connectivity index (χ0) is 25.5. The van der Waals surface area contributed by atoms with E-state index in [4.69, 9.17) is 9.47 Å². The summed E-state index contributed by atoms with van der Waals surface area (Å²) in [4.78, 5) is 25.7. The lowest BCUT2D eigenvalue weighted by atomic mass is 10.1. The van der Waals surface area contributed by atoms with Gasteiger partial charge in [-0.2, -0.15) is 0 Å². The topological polar surface area (TPSA) is 95.3 Å². The second kappa shape index (κ2) is 12.0. The number of thioether (sulfide) groups is 1. The Hall–Kier alpha value is -3.11. The lowest BCUT2D eigenvalue weighted by molar-refractivity contribution is -0.113. The summed E-state index contributed by atoms with van der Waals surface area (Å²) in [6.07, 6.45) is 1.40. The summed E-state index contributed by atoms with van der Waals surface area (Å²) in [6.45, 7) is 14.2. The van der Waals surface area contributed by atoms with E-state index < -0.39 is 5.97 Å². The summed E-state index contributed by atoms with van der Waals surface area (Å²) in [5.41, 5.74) is 2.60. The van der Waals surface area contributed by atoms with Crippen LogP contribution >= 0.6 is 23.1 Å². The van der Waals surface area contributed by atoms with Gasteiger partial charge in [0.1, 0.15) is 10.8 Å². The van der Waals surface area contributed by atoms with E-state index >= 15 is 0 Å². The van der Waals surface area contributed by atoms with Crippen LogP contribution in [0, 0.1) is 20.8 Å². The molecule has 1 atom stereocenters. The second-order valence-corrected chi connectivity index (χ2v) is 10.2. The summed E-state index contributed by atoms with van der Waals surface area (Å²) in [7, 11) is 0. The van der Waals surface area contributed by atoms with Gasteiger partial charge < -0.3 is 14.8 Å². The maximum Gasteiger partial charge on any atom is 0.341 e. The number of ether oxygens (including phenoxy) is 2. The highest BCUT2D eigenvalue weighted by molar-refractivity contribution is 7.99. The molecular formula is C25H30N4O4S2. The number of amides is 1. The van der Waals surface area contributed by atoms with Gasteiger partial charge in [-0.25, -0.2) is 4.79 Å². The molecule has 3 aromatic rings. The number of esters is 1. The normalized spacial score (nSPS) is 11.7. The third-order valence-electron chi connectivity index (χ3n) is 4.86. The number of anilines is 1. The molecule has 0 aliphatic heterocycles. The SMILES string of the molecule is C=CCn1c(SCC(=O)Nc2sc(C)cc2C(=O)OCC)nnc1C(C)Oc1cc(C)cc(C)c1. The lowest BCUT2D eigenvalue weighted by Gasteiger charge is -2.16. The van der Waals surface area contributed by atoms with E-state index in [1.54, 1.807) is 19.1 Å². The van der Waals surface area contributed by atoms with E-state index in [1.807, 2.05) is 44.4 Å².